The Labute approximate surface area is 167 Å². The zero-order valence-electron chi connectivity index (χ0n) is 16.6. The summed E-state index contributed by atoms with van der Waals surface area (Å²) in [5.41, 5.74) is 1.68. The second-order valence-corrected chi connectivity index (χ2v) is 6.97. The first-order valence-corrected chi connectivity index (χ1v) is 10.1. The highest BCUT2D eigenvalue weighted by atomic mass is 16.2. The number of nitrogens with zero attached hydrogens (tertiary/aromatic N) is 4. The van der Waals surface area contributed by atoms with Crippen molar-refractivity contribution in [3.8, 4) is 0 Å². The molecule has 1 aliphatic rings. The molecule has 1 amide bonds. The maximum absolute atomic E-state index is 12.8. The van der Waals surface area contributed by atoms with Crippen LogP contribution < -0.4 is 5.32 Å². The van der Waals surface area contributed by atoms with Crippen molar-refractivity contribution in [3.05, 3.63) is 60.1 Å². The zero-order chi connectivity index (χ0) is 19.6. The molecular weight excluding hydrogens is 350 g/mol. The second-order valence-electron chi connectivity index (χ2n) is 6.97. The number of amides is 1. The average Bonchev–Trinajstić information content (AvgIpc) is 2.75. The number of hydrogen-bond acceptors (Lipinski definition) is 5. The van der Waals surface area contributed by atoms with E-state index in [1.165, 1.54) is 11.9 Å². The van der Waals surface area contributed by atoms with Gasteiger partial charge >= 0.3 is 0 Å². The largest absolute Gasteiger partial charge is 0.370 e. The number of unbranched alkanes of at least 4 members (excludes halogenated alkanes) is 1. The minimum absolute atomic E-state index is 0.0135. The topological polar surface area (TPSA) is 61.4 Å². The molecule has 3 rings (SSSR count). The van der Waals surface area contributed by atoms with Crippen LogP contribution in [0.1, 0.15) is 35.8 Å². The third-order valence-corrected chi connectivity index (χ3v) is 4.86. The number of nitrogens with one attached hydrogen (secondary N) is 1. The van der Waals surface area contributed by atoms with Gasteiger partial charge in [-0.15, -0.1) is 0 Å². The first kappa shape index (κ1) is 20.0. The minimum atomic E-state index is -0.0135. The number of aromatic nitrogens is 2. The van der Waals surface area contributed by atoms with E-state index in [0.717, 1.165) is 57.9 Å². The van der Waals surface area contributed by atoms with Gasteiger partial charge in [0.2, 0.25) is 0 Å². The molecule has 0 radical (unpaired) electrons. The van der Waals surface area contributed by atoms with Crippen LogP contribution in [0.2, 0.25) is 0 Å². The van der Waals surface area contributed by atoms with E-state index < -0.39 is 0 Å². The lowest BCUT2D eigenvalue weighted by atomic mass is 10.2. The van der Waals surface area contributed by atoms with E-state index in [9.17, 15) is 4.79 Å². The Morgan fingerprint density at radius 3 is 2.68 bits per heavy atom. The smallest absolute Gasteiger partial charge is 0.272 e. The van der Waals surface area contributed by atoms with Gasteiger partial charge < -0.3 is 10.2 Å². The molecule has 1 N–H and O–H groups in total. The molecule has 0 spiro atoms. The first-order chi connectivity index (χ1) is 13.8. The monoisotopic (exact) mass is 379 g/mol. The predicted octanol–water partition coefficient (Wildman–Crippen LogP) is 3.16. The Morgan fingerprint density at radius 1 is 1.14 bits per heavy atom. The van der Waals surface area contributed by atoms with Crippen molar-refractivity contribution in [2.45, 2.75) is 19.8 Å². The van der Waals surface area contributed by atoms with Crippen LogP contribution in [-0.4, -0.2) is 64.9 Å². The summed E-state index contributed by atoms with van der Waals surface area (Å²) >= 11 is 0. The summed E-state index contributed by atoms with van der Waals surface area (Å²) in [5.74, 6) is 0.705. The average molecular weight is 380 g/mol. The standard InChI is InChI=1S/C22H29N5O/c1-2-3-11-23-21-17-20(24-18-25-21)22(28)27-15-13-26(14-16-27)12-7-10-19-8-5-4-6-9-19/h4-10,17-18H,2-3,11-16H2,1H3,(H,23,24,25)/b10-7+. The van der Waals surface area contributed by atoms with Crippen molar-refractivity contribution in [3.63, 3.8) is 0 Å². The van der Waals surface area contributed by atoms with E-state index in [2.05, 4.69) is 51.4 Å². The lowest BCUT2D eigenvalue weighted by Crippen LogP contribution is -2.48. The van der Waals surface area contributed by atoms with E-state index in [1.807, 2.05) is 23.1 Å². The van der Waals surface area contributed by atoms with E-state index in [0.29, 0.717) is 5.69 Å². The number of anilines is 1. The van der Waals surface area contributed by atoms with Crippen molar-refractivity contribution in [2.24, 2.45) is 0 Å². The van der Waals surface area contributed by atoms with Gasteiger partial charge in [-0.25, -0.2) is 9.97 Å². The normalized spacial score (nSPS) is 15.1. The van der Waals surface area contributed by atoms with Gasteiger partial charge in [-0.3, -0.25) is 9.69 Å². The van der Waals surface area contributed by atoms with Gasteiger partial charge in [0, 0.05) is 45.3 Å². The number of rotatable bonds is 8. The van der Waals surface area contributed by atoms with E-state index in [4.69, 9.17) is 0 Å². The fraction of sp³-hybridized carbons (Fsp3) is 0.409. The molecule has 2 heterocycles. The van der Waals surface area contributed by atoms with Crippen LogP contribution in [0.5, 0.6) is 0 Å². The number of hydrogen-bond donors (Lipinski definition) is 1. The maximum Gasteiger partial charge on any atom is 0.272 e. The molecule has 1 aromatic carbocycles. The van der Waals surface area contributed by atoms with Gasteiger partial charge in [0.25, 0.3) is 5.91 Å². The summed E-state index contributed by atoms with van der Waals surface area (Å²) in [6.07, 6.45) is 7.99. The van der Waals surface area contributed by atoms with Crippen LogP contribution in [0.4, 0.5) is 5.82 Å². The molecule has 1 aliphatic heterocycles. The fourth-order valence-corrected chi connectivity index (χ4v) is 3.16. The van der Waals surface area contributed by atoms with E-state index >= 15 is 0 Å². The molecule has 0 saturated carbocycles. The molecule has 1 saturated heterocycles. The van der Waals surface area contributed by atoms with Crippen LogP contribution in [0.15, 0.2) is 48.8 Å². The van der Waals surface area contributed by atoms with Crippen LogP contribution in [0.25, 0.3) is 6.08 Å². The molecule has 6 nitrogen and oxygen atoms in total. The van der Waals surface area contributed by atoms with Gasteiger partial charge in [-0.2, -0.15) is 0 Å². The van der Waals surface area contributed by atoms with Crippen molar-refractivity contribution in [1.29, 1.82) is 0 Å². The van der Waals surface area contributed by atoms with Gasteiger partial charge in [0.15, 0.2) is 0 Å². The Balaban J connectivity index is 1.47. The van der Waals surface area contributed by atoms with Gasteiger partial charge in [0.05, 0.1) is 0 Å². The third-order valence-electron chi connectivity index (χ3n) is 4.86. The summed E-state index contributed by atoms with van der Waals surface area (Å²) in [5, 5.41) is 3.25. The predicted molar refractivity (Wildman–Crippen MR) is 113 cm³/mol. The quantitative estimate of drug-likeness (QED) is 0.714. The van der Waals surface area contributed by atoms with Gasteiger partial charge in [0.1, 0.15) is 17.8 Å². The van der Waals surface area contributed by atoms with Crippen molar-refractivity contribution in [2.75, 3.05) is 44.6 Å². The molecule has 0 bridgehead atoms. The lowest BCUT2D eigenvalue weighted by Gasteiger charge is -2.34. The summed E-state index contributed by atoms with van der Waals surface area (Å²) < 4.78 is 0. The van der Waals surface area contributed by atoms with E-state index in [-0.39, 0.29) is 5.91 Å². The number of piperazine rings is 1. The molecule has 148 valence electrons. The highest BCUT2D eigenvalue weighted by Crippen LogP contribution is 2.11. The Hall–Kier alpha value is -2.73. The number of carbonyl (C=O) groups excluding carboxylic acids is 1. The number of benzene rings is 1. The fourth-order valence-electron chi connectivity index (χ4n) is 3.16. The third kappa shape index (κ3) is 5.89. The molecule has 6 heteroatoms. The van der Waals surface area contributed by atoms with Crippen LogP contribution in [0, 0.1) is 0 Å². The highest BCUT2D eigenvalue weighted by molar-refractivity contribution is 5.93. The summed E-state index contributed by atoms with van der Waals surface area (Å²) in [6, 6.07) is 12.1. The van der Waals surface area contributed by atoms with Gasteiger partial charge in [-0.1, -0.05) is 55.8 Å². The summed E-state index contributed by atoms with van der Waals surface area (Å²) in [7, 11) is 0. The molecule has 2 aromatic rings. The van der Waals surface area contributed by atoms with Crippen LogP contribution in [-0.2, 0) is 0 Å². The molecule has 0 unspecified atom stereocenters. The van der Waals surface area contributed by atoms with Crippen molar-refractivity contribution in [1.82, 2.24) is 19.8 Å². The minimum Gasteiger partial charge on any atom is -0.370 e. The Morgan fingerprint density at radius 2 is 1.93 bits per heavy atom. The van der Waals surface area contributed by atoms with Gasteiger partial charge in [-0.05, 0) is 12.0 Å². The molecule has 1 fully saturated rings. The van der Waals surface area contributed by atoms with E-state index in [1.54, 1.807) is 6.07 Å². The molecule has 1 aromatic heterocycles. The summed E-state index contributed by atoms with van der Waals surface area (Å²) in [6.45, 7) is 7.09. The maximum atomic E-state index is 12.8. The summed E-state index contributed by atoms with van der Waals surface area (Å²) in [4.78, 5) is 25.4. The number of carbonyl (C=O) groups is 1. The SMILES string of the molecule is CCCCNc1cc(C(=O)N2CCN(C/C=C/c3ccccc3)CC2)ncn1. The first-order valence-electron chi connectivity index (χ1n) is 10.1. The Kier molecular flexibility index (Phi) is 7.55. The van der Waals surface area contributed by atoms with Crippen molar-refractivity contribution >= 4 is 17.8 Å². The van der Waals surface area contributed by atoms with Crippen LogP contribution in [0.3, 0.4) is 0 Å². The molecule has 0 aliphatic carbocycles. The lowest BCUT2D eigenvalue weighted by molar-refractivity contribution is 0.0644. The molecule has 0 atom stereocenters. The molecule has 28 heavy (non-hydrogen) atoms. The highest BCUT2D eigenvalue weighted by Gasteiger charge is 2.22. The Bertz CT molecular complexity index is 770. The molecular formula is C22H29N5O. The second kappa shape index (κ2) is 10.6. The zero-order valence-corrected chi connectivity index (χ0v) is 16.6. The van der Waals surface area contributed by atoms with Crippen LogP contribution >= 0.6 is 0 Å². The van der Waals surface area contributed by atoms with Crippen molar-refractivity contribution < 1.29 is 4.79 Å².